The van der Waals surface area contributed by atoms with Crippen molar-refractivity contribution in [3.05, 3.63) is 0 Å². The Morgan fingerprint density at radius 1 is 1.26 bits per heavy atom. The molecule has 0 saturated carbocycles. The summed E-state index contributed by atoms with van der Waals surface area (Å²) in [6.07, 6.45) is -10.1. The minimum Gasteiger partial charge on any atom is -0.444 e. The number of rotatable bonds is 5. The van der Waals surface area contributed by atoms with Crippen molar-refractivity contribution >= 4 is 16.1 Å². The summed E-state index contributed by atoms with van der Waals surface area (Å²) >= 11 is 0. The van der Waals surface area contributed by atoms with Gasteiger partial charge < -0.3 is 4.74 Å². The number of alkyl halides is 5. The molecule has 0 spiro atoms. The molecule has 0 amide bonds. The Morgan fingerprint density at radius 3 is 1.95 bits per heavy atom. The van der Waals surface area contributed by atoms with Crippen LogP contribution in [-0.2, 0) is 19.6 Å². The molecule has 0 fully saturated rings. The van der Waals surface area contributed by atoms with Crippen molar-refractivity contribution in [1.29, 1.82) is 0 Å². The molecule has 0 saturated heterocycles. The smallest absolute Gasteiger partial charge is 0.432 e. The van der Waals surface area contributed by atoms with Gasteiger partial charge in [-0.2, -0.15) is 30.4 Å². The third-order valence-corrected chi connectivity index (χ3v) is 3.10. The van der Waals surface area contributed by atoms with Crippen LogP contribution in [0.5, 0.6) is 0 Å². The minimum atomic E-state index is -6.39. The van der Waals surface area contributed by atoms with E-state index in [2.05, 4.69) is 4.74 Å². The number of hydrogen-bond acceptors (Lipinski definition) is 4. The van der Waals surface area contributed by atoms with Crippen molar-refractivity contribution in [1.82, 2.24) is 0 Å². The predicted molar refractivity (Wildman–Crippen MR) is 51.9 cm³/mol. The van der Waals surface area contributed by atoms with Crippen LogP contribution < -0.4 is 0 Å². The molecular formula is C8H11F5O5S. The van der Waals surface area contributed by atoms with Crippen molar-refractivity contribution in [2.24, 2.45) is 5.92 Å². The largest absolute Gasteiger partial charge is 0.444 e. The summed E-state index contributed by atoms with van der Waals surface area (Å²) in [5, 5.41) is -5.69. The lowest BCUT2D eigenvalue weighted by Gasteiger charge is -2.26. The lowest BCUT2D eigenvalue weighted by molar-refractivity contribution is -0.260. The fraction of sp³-hybridized carbons (Fsp3) is 0.875. The Balaban J connectivity index is 5.46. The van der Waals surface area contributed by atoms with Crippen LogP contribution in [-0.4, -0.2) is 36.5 Å². The van der Waals surface area contributed by atoms with Gasteiger partial charge >= 0.3 is 27.5 Å². The van der Waals surface area contributed by atoms with Crippen molar-refractivity contribution in [3.63, 3.8) is 0 Å². The third kappa shape index (κ3) is 4.27. The molecule has 1 N–H and O–H groups in total. The second kappa shape index (κ2) is 5.57. The van der Waals surface area contributed by atoms with Gasteiger partial charge in [0.05, 0.1) is 5.92 Å². The van der Waals surface area contributed by atoms with Crippen LogP contribution in [0.2, 0.25) is 0 Å². The number of esters is 1. The molecule has 114 valence electrons. The standard InChI is InChI=1S/C8H11F5O5S/c1-3-4(2)5(14)18-6(7(9,10)11)8(12,13)19(15,16)17/h4,6H,3H2,1-2H3,(H,15,16,17). The number of ether oxygens (including phenoxy) is 1. The highest BCUT2D eigenvalue weighted by Gasteiger charge is 2.66. The first-order chi connectivity index (χ1) is 8.25. The molecule has 11 heteroatoms. The summed E-state index contributed by atoms with van der Waals surface area (Å²) in [5.74, 6) is -2.78. The van der Waals surface area contributed by atoms with Gasteiger partial charge in [0.15, 0.2) is 0 Å². The van der Waals surface area contributed by atoms with E-state index in [0.717, 1.165) is 6.92 Å². The Kier molecular flexibility index (Phi) is 5.29. The maximum Gasteiger partial charge on any atom is 0.432 e. The van der Waals surface area contributed by atoms with Gasteiger partial charge in [-0.1, -0.05) is 13.8 Å². The molecule has 0 heterocycles. The summed E-state index contributed by atoms with van der Waals surface area (Å²) < 4.78 is 95.2. The summed E-state index contributed by atoms with van der Waals surface area (Å²) in [6, 6.07) is 0. The Labute approximate surface area is 105 Å². The van der Waals surface area contributed by atoms with E-state index in [1.165, 1.54) is 6.92 Å². The first kappa shape index (κ1) is 18.0. The Morgan fingerprint density at radius 2 is 1.68 bits per heavy atom. The highest BCUT2D eigenvalue weighted by atomic mass is 32.2. The van der Waals surface area contributed by atoms with Crippen LogP contribution in [0.4, 0.5) is 22.0 Å². The topological polar surface area (TPSA) is 80.7 Å². The number of carbonyl (C=O) groups is 1. The molecule has 2 atom stereocenters. The molecule has 0 aliphatic rings. The van der Waals surface area contributed by atoms with Crippen LogP contribution in [0.25, 0.3) is 0 Å². The molecule has 5 nitrogen and oxygen atoms in total. The second-order valence-electron chi connectivity index (χ2n) is 3.70. The lowest BCUT2D eigenvalue weighted by Crippen LogP contribution is -2.52. The maximum absolute atomic E-state index is 13.0. The third-order valence-electron chi connectivity index (χ3n) is 2.20. The van der Waals surface area contributed by atoms with Crippen LogP contribution in [0.1, 0.15) is 20.3 Å². The monoisotopic (exact) mass is 314 g/mol. The van der Waals surface area contributed by atoms with Gasteiger partial charge in [0.2, 0.25) is 0 Å². The minimum absolute atomic E-state index is 0.000850. The molecular weight excluding hydrogens is 303 g/mol. The zero-order chi connectivity index (χ0) is 15.6. The fourth-order valence-electron chi connectivity index (χ4n) is 0.860. The van der Waals surface area contributed by atoms with Crippen molar-refractivity contribution in [2.45, 2.75) is 37.8 Å². The zero-order valence-electron chi connectivity index (χ0n) is 9.74. The van der Waals surface area contributed by atoms with Crippen LogP contribution in [0, 0.1) is 5.92 Å². The highest BCUT2D eigenvalue weighted by molar-refractivity contribution is 7.86. The van der Waals surface area contributed by atoms with Gasteiger partial charge in [-0.05, 0) is 6.42 Å². The average Bonchev–Trinajstić information content (AvgIpc) is 2.20. The van der Waals surface area contributed by atoms with Gasteiger partial charge in [0, 0.05) is 0 Å². The summed E-state index contributed by atoms with van der Waals surface area (Å²) in [4.78, 5) is 11.1. The maximum atomic E-state index is 13.0. The predicted octanol–water partition coefficient (Wildman–Crippen LogP) is 1.99. The van der Waals surface area contributed by atoms with Gasteiger partial charge in [-0.15, -0.1) is 0 Å². The molecule has 0 bridgehead atoms. The van der Waals surface area contributed by atoms with Gasteiger partial charge in [0.25, 0.3) is 6.10 Å². The average molecular weight is 314 g/mol. The first-order valence-electron chi connectivity index (χ1n) is 4.87. The van der Waals surface area contributed by atoms with Gasteiger partial charge in [-0.25, -0.2) is 0 Å². The van der Waals surface area contributed by atoms with Crippen LogP contribution in [0.15, 0.2) is 0 Å². The second-order valence-corrected chi connectivity index (χ2v) is 5.20. The summed E-state index contributed by atoms with van der Waals surface area (Å²) in [6.45, 7) is 2.50. The van der Waals surface area contributed by atoms with Crippen molar-refractivity contribution in [2.75, 3.05) is 0 Å². The number of halogens is 5. The molecule has 2 unspecified atom stereocenters. The van der Waals surface area contributed by atoms with Crippen LogP contribution in [0.3, 0.4) is 0 Å². The van der Waals surface area contributed by atoms with E-state index in [1.807, 2.05) is 0 Å². The molecule has 0 rings (SSSR count). The van der Waals surface area contributed by atoms with E-state index < -0.39 is 39.5 Å². The van der Waals surface area contributed by atoms with E-state index in [9.17, 15) is 35.2 Å². The lowest BCUT2D eigenvalue weighted by atomic mass is 10.1. The molecule has 0 aliphatic heterocycles. The van der Waals surface area contributed by atoms with E-state index >= 15 is 0 Å². The van der Waals surface area contributed by atoms with Crippen LogP contribution >= 0.6 is 0 Å². The number of carbonyl (C=O) groups excluding carboxylic acids is 1. The van der Waals surface area contributed by atoms with E-state index in [0.29, 0.717) is 0 Å². The van der Waals surface area contributed by atoms with Crippen molar-refractivity contribution in [3.8, 4) is 0 Å². The van der Waals surface area contributed by atoms with E-state index in [1.54, 1.807) is 0 Å². The van der Waals surface area contributed by atoms with Crippen molar-refractivity contribution < 1.29 is 44.5 Å². The molecule has 0 aromatic heterocycles. The van der Waals surface area contributed by atoms with Gasteiger partial charge in [-0.3, -0.25) is 9.35 Å². The summed E-state index contributed by atoms with van der Waals surface area (Å²) in [7, 11) is -6.39. The normalized spacial score (nSPS) is 16.8. The molecule has 0 aliphatic carbocycles. The zero-order valence-corrected chi connectivity index (χ0v) is 10.6. The Bertz CT molecular complexity index is 429. The van der Waals surface area contributed by atoms with E-state index in [-0.39, 0.29) is 6.42 Å². The highest BCUT2D eigenvalue weighted by Crippen LogP contribution is 2.38. The molecule has 19 heavy (non-hydrogen) atoms. The quantitative estimate of drug-likeness (QED) is 0.477. The molecule has 0 radical (unpaired) electrons. The molecule has 0 aromatic rings. The Hall–Kier alpha value is -0.970. The van der Waals surface area contributed by atoms with Gasteiger partial charge in [0.1, 0.15) is 0 Å². The fourth-order valence-corrected chi connectivity index (χ4v) is 1.31. The SMILES string of the molecule is CCC(C)C(=O)OC(C(F)(F)F)C(F)(F)S(=O)(=O)O. The van der Waals surface area contributed by atoms with E-state index in [4.69, 9.17) is 4.55 Å². The first-order valence-corrected chi connectivity index (χ1v) is 6.31. The molecule has 0 aromatic carbocycles. The number of hydrogen-bond donors (Lipinski definition) is 1. The summed E-state index contributed by atoms with van der Waals surface area (Å²) in [5.41, 5.74) is 0.